The van der Waals surface area contributed by atoms with Gasteiger partial charge in [-0.05, 0) is 37.8 Å². The van der Waals surface area contributed by atoms with Gasteiger partial charge in [0.1, 0.15) is 0 Å². The quantitative estimate of drug-likeness (QED) is 0.366. The van der Waals surface area contributed by atoms with Gasteiger partial charge in [-0.3, -0.25) is 5.32 Å². The zero-order chi connectivity index (χ0) is 21.3. The van der Waals surface area contributed by atoms with Crippen molar-refractivity contribution in [3.05, 3.63) is 34.2 Å². The zero-order valence-electron chi connectivity index (χ0n) is 16.5. The lowest BCUT2D eigenvalue weighted by atomic mass is 10.0. The molecule has 0 saturated carbocycles. The molecule has 2 N–H and O–H groups in total. The lowest BCUT2D eigenvalue weighted by molar-refractivity contribution is -0.135. The van der Waals surface area contributed by atoms with Gasteiger partial charge in [0.05, 0.1) is 16.4 Å². The number of aryl methyl sites for hydroxylation is 2. The number of nitrogens with zero attached hydrogens (tertiary/aromatic N) is 1. The van der Waals surface area contributed by atoms with E-state index in [0.29, 0.717) is 12.1 Å². The molecule has 1 aromatic heterocycles. The molecule has 0 aliphatic carbocycles. The fourth-order valence-corrected chi connectivity index (χ4v) is 3.83. The maximum atomic E-state index is 12.1. The SMILES string of the molecule is Cc1nc(-c2ccc(CCCCCCCCCC(F)(F)F)cc2NC(=O)O)cs1. The van der Waals surface area contributed by atoms with Crippen LogP contribution in [0.3, 0.4) is 0 Å². The summed E-state index contributed by atoms with van der Waals surface area (Å²) in [6, 6.07) is 5.75. The van der Waals surface area contributed by atoms with Crippen molar-refractivity contribution in [3.63, 3.8) is 0 Å². The highest BCUT2D eigenvalue weighted by Gasteiger charge is 2.25. The third-order valence-corrected chi connectivity index (χ3v) is 5.42. The van der Waals surface area contributed by atoms with Crippen LogP contribution in [-0.4, -0.2) is 22.4 Å². The second-order valence-corrected chi connectivity index (χ2v) is 8.21. The fourth-order valence-electron chi connectivity index (χ4n) is 3.21. The number of hydrogen-bond acceptors (Lipinski definition) is 3. The first-order chi connectivity index (χ1) is 13.7. The third kappa shape index (κ3) is 8.85. The van der Waals surface area contributed by atoms with Gasteiger partial charge in [-0.1, -0.05) is 44.2 Å². The lowest BCUT2D eigenvalue weighted by Crippen LogP contribution is -2.09. The Labute approximate surface area is 173 Å². The molecule has 0 fully saturated rings. The Morgan fingerprint density at radius 2 is 1.76 bits per heavy atom. The molecular formula is C21H27F3N2O2S. The third-order valence-electron chi connectivity index (χ3n) is 4.65. The van der Waals surface area contributed by atoms with Crippen LogP contribution in [0.25, 0.3) is 11.3 Å². The number of thiazole rings is 1. The molecule has 1 aromatic carbocycles. The van der Waals surface area contributed by atoms with Gasteiger partial charge in [0, 0.05) is 17.4 Å². The number of nitrogens with one attached hydrogen (secondary N) is 1. The van der Waals surface area contributed by atoms with Crippen LogP contribution in [0.2, 0.25) is 0 Å². The van der Waals surface area contributed by atoms with Gasteiger partial charge < -0.3 is 5.11 Å². The average molecular weight is 429 g/mol. The second kappa shape index (κ2) is 11.2. The van der Waals surface area contributed by atoms with Crippen molar-refractivity contribution in [2.75, 3.05) is 5.32 Å². The van der Waals surface area contributed by atoms with Crippen LogP contribution in [0, 0.1) is 6.92 Å². The van der Waals surface area contributed by atoms with E-state index in [4.69, 9.17) is 5.11 Å². The van der Waals surface area contributed by atoms with E-state index in [1.165, 1.54) is 11.3 Å². The maximum absolute atomic E-state index is 12.1. The molecule has 29 heavy (non-hydrogen) atoms. The summed E-state index contributed by atoms with van der Waals surface area (Å²) in [5, 5.41) is 14.4. The van der Waals surface area contributed by atoms with Crippen LogP contribution in [0.1, 0.15) is 61.9 Å². The van der Waals surface area contributed by atoms with Gasteiger partial charge in [-0.25, -0.2) is 9.78 Å². The topological polar surface area (TPSA) is 62.2 Å². The van der Waals surface area contributed by atoms with Gasteiger partial charge in [0.25, 0.3) is 0 Å². The minimum absolute atomic E-state index is 0.216. The summed E-state index contributed by atoms with van der Waals surface area (Å²) in [4.78, 5) is 15.6. The zero-order valence-corrected chi connectivity index (χ0v) is 17.3. The van der Waals surface area contributed by atoms with Crippen LogP contribution in [0.5, 0.6) is 0 Å². The number of halogens is 3. The first kappa shape index (κ1) is 23.2. The molecule has 0 aliphatic heterocycles. The van der Waals surface area contributed by atoms with Crippen molar-refractivity contribution in [2.45, 2.75) is 70.9 Å². The molecule has 8 heteroatoms. The van der Waals surface area contributed by atoms with E-state index in [1.54, 1.807) is 0 Å². The van der Waals surface area contributed by atoms with Crippen LogP contribution >= 0.6 is 11.3 Å². The lowest BCUT2D eigenvalue weighted by Gasteiger charge is -2.10. The number of amides is 1. The molecule has 2 rings (SSSR count). The number of benzene rings is 1. The molecule has 1 heterocycles. The maximum Gasteiger partial charge on any atom is 0.409 e. The van der Waals surface area contributed by atoms with E-state index >= 15 is 0 Å². The van der Waals surface area contributed by atoms with Gasteiger partial charge >= 0.3 is 12.3 Å². The number of anilines is 1. The van der Waals surface area contributed by atoms with Crippen molar-refractivity contribution in [3.8, 4) is 11.3 Å². The van der Waals surface area contributed by atoms with Crippen molar-refractivity contribution < 1.29 is 23.1 Å². The Kier molecular flexibility index (Phi) is 8.95. The van der Waals surface area contributed by atoms with Gasteiger partial charge in [0.15, 0.2) is 0 Å². The summed E-state index contributed by atoms with van der Waals surface area (Å²) in [6.45, 7) is 1.91. The standard InChI is InChI=1S/C21H27F3N2O2S/c1-15-25-19(14-29-15)17-11-10-16(13-18(17)26-20(27)28)9-7-5-3-2-4-6-8-12-21(22,23)24/h10-11,13-14,26H,2-9,12H2,1H3,(H,27,28). The minimum atomic E-state index is -4.04. The van der Waals surface area contributed by atoms with Gasteiger partial charge in [-0.2, -0.15) is 13.2 Å². The summed E-state index contributed by atoms with van der Waals surface area (Å²) in [6.07, 6.45) is 0.601. The fraction of sp³-hybridized carbons (Fsp3) is 0.524. The van der Waals surface area contributed by atoms with Crippen LogP contribution in [-0.2, 0) is 6.42 Å². The summed E-state index contributed by atoms with van der Waals surface area (Å²) in [7, 11) is 0. The Bertz CT molecular complexity index is 790. The van der Waals surface area contributed by atoms with Crippen LogP contribution < -0.4 is 5.32 Å². The average Bonchev–Trinajstić information content (AvgIpc) is 3.05. The Morgan fingerprint density at radius 1 is 1.10 bits per heavy atom. The number of carbonyl (C=O) groups is 1. The molecular weight excluding hydrogens is 401 g/mol. The first-order valence-corrected chi connectivity index (χ1v) is 10.7. The Balaban J connectivity index is 1.77. The smallest absolute Gasteiger partial charge is 0.409 e. The largest absolute Gasteiger partial charge is 0.465 e. The number of hydrogen-bond donors (Lipinski definition) is 2. The van der Waals surface area contributed by atoms with E-state index in [-0.39, 0.29) is 6.42 Å². The molecule has 4 nitrogen and oxygen atoms in total. The summed E-state index contributed by atoms with van der Waals surface area (Å²) in [5.41, 5.74) is 3.10. The number of carboxylic acid groups (broad SMARTS) is 1. The number of unbranched alkanes of at least 4 members (excludes halogenated alkanes) is 6. The predicted octanol–water partition coefficient (Wildman–Crippen LogP) is 7.43. The van der Waals surface area contributed by atoms with Crippen molar-refractivity contribution in [1.82, 2.24) is 4.98 Å². The monoisotopic (exact) mass is 428 g/mol. The predicted molar refractivity (Wildman–Crippen MR) is 111 cm³/mol. The van der Waals surface area contributed by atoms with E-state index in [0.717, 1.165) is 60.4 Å². The highest BCUT2D eigenvalue weighted by atomic mass is 32.1. The molecule has 0 bridgehead atoms. The van der Waals surface area contributed by atoms with E-state index in [9.17, 15) is 18.0 Å². The molecule has 0 aliphatic rings. The number of alkyl halides is 3. The highest BCUT2D eigenvalue weighted by molar-refractivity contribution is 7.09. The molecule has 0 unspecified atom stereocenters. The molecule has 0 spiro atoms. The van der Waals surface area contributed by atoms with Gasteiger partial charge in [-0.15, -0.1) is 11.3 Å². The van der Waals surface area contributed by atoms with E-state index in [1.807, 2.05) is 30.5 Å². The minimum Gasteiger partial charge on any atom is -0.465 e. The number of rotatable bonds is 11. The van der Waals surface area contributed by atoms with E-state index < -0.39 is 18.7 Å². The normalized spacial score (nSPS) is 11.6. The number of aromatic nitrogens is 1. The first-order valence-electron chi connectivity index (χ1n) is 9.87. The van der Waals surface area contributed by atoms with Crippen molar-refractivity contribution >= 4 is 23.1 Å². The Hall–Kier alpha value is -2.09. The van der Waals surface area contributed by atoms with Crippen molar-refractivity contribution in [1.29, 1.82) is 0 Å². The van der Waals surface area contributed by atoms with Crippen molar-refractivity contribution in [2.24, 2.45) is 0 Å². The molecule has 0 atom stereocenters. The molecule has 2 aromatic rings. The summed E-state index contributed by atoms with van der Waals surface area (Å²) in [5.74, 6) is 0. The van der Waals surface area contributed by atoms with Gasteiger partial charge in [0.2, 0.25) is 0 Å². The van der Waals surface area contributed by atoms with Crippen LogP contribution in [0.4, 0.5) is 23.7 Å². The molecule has 160 valence electrons. The van der Waals surface area contributed by atoms with Crippen LogP contribution in [0.15, 0.2) is 23.6 Å². The second-order valence-electron chi connectivity index (χ2n) is 7.15. The van der Waals surface area contributed by atoms with E-state index in [2.05, 4.69) is 10.3 Å². The Morgan fingerprint density at radius 3 is 2.34 bits per heavy atom. The molecule has 0 radical (unpaired) electrons. The molecule has 0 saturated heterocycles. The summed E-state index contributed by atoms with van der Waals surface area (Å²) >= 11 is 1.52. The summed E-state index contributed by atoms with van der Waals surface area (Å²) < 4.78 is 36.2. The molecule has 1 amide bonds. The highest BCUT2D eigenvalue weighted by Crippen LogP contribution is 2.30.